The van der Waals surface area contributed by atoms with Crippen LogP contribution in [0.3, 0.4) is 0 Å². The Balaban J connectivity index is 0.881. The Hall–Kier alpha value is -7.91. The molecule has 2 aliphatic rings. The van der Waals surface area contributed by atoms with Gasteiger partial charge in [0, 0.05) is 58.7 Å². The zero-order chi connectivity index (χ0) is 47.5. The van der Waals surface area contributed by atoms with Gasteiger partial charge in [-0.25, -0.2) is 9.78 Å². The Bertz CT molecular complexity index is 2810. The molecule has 0 radical (unpaired) electrons. The van der Waals surface area contributed by atoms with Gasteiger partial charge in [0.15, 0.2) is 12.4 Å². The van der Waals surface area contributed by atoms with Gasteiger partial charge in [0.2, 0.25) is 5.91 Å². The second kappa shape index (κ2) is 21.6. The lowest BCUT2D eigenvalue weighted by Gasteiger charge is -2.37. The molecule has 6 N–H and O–H groups in total. The summed E-state index contributed by atoms with van der Waals surface area (Å²) in [6, 6.07) is 35.3. The number of piperidine rings is 1. The number of hydrogen-bond donors (Lipinski definition) is 6. The number of imidazole rings is 1. The lowest BCUT2D eigenvalue weighted by molar-refractivity contribution is -0.131. The number of ether oxygens (including phenoxy) is 1. The van der Waals surface area contributed by atoms with E-state index in [1.807, 2.05) is 24.3 Å². The second-order valence-electron chi connectivity index (χ2n) is 17.0. The van der Waals surface area contributed by atoms with Crippen molar-refractivity contribution >= 4 is 58.2 Å². The van der Waals surface area contributed by atoms with Gasteiger partial charge in [-0.05, 0) is 117 Å². The number of carbonyl (C=O) groups excluding carboxylic acids is 5. The van der Waals surface area contributed by atoms with Gasteiger partial charge < -0.3 is 41.0 Å². The monoisotopic (exact) mass is 915 g/mol. The molecule has 1 aliphatic carbocycles. The molecule has 1 saturated heterocycles. The van der Waals surface area contributed by atoms with Gasteiger partial charge >= 0.3 is 5.97 Å². The van der Waals surface area contributed by atoms with Crippen LogP contribution in [0.25, 0.3) is 28.5 Å². The summed E-state index contributed by atoms with van der Waals surface area (Å²) in [6.07, 6.45) is 8.65. The van der Waals surface area contributed by atoms with Crippen LogP contribution in [0.5, 0.6) is 5.75 Å². The van der Waals surface area contributed by atoms with Crippen molar-refractivity contribution in [2.75, 3.05) is 38.1 Å². The molecule has 68 heavy (non-hydrogen) atoms. The van der Waals surface area contributed by atoms with Crippen molar-refractivity contribution < 1.29 is 38.6 Å². The molecule has 1 saturated carbocycles. The van der Waals surface area contributed by atoms with Crippen LogP contribution in [0.4, 0.5) is 5.69 Å². The number of benzene rings is 5. The molecule has 4 amide bonds. The smallest absolute Gasteiger partial charge is 0.328 e. The maximum Gasteiger partial charge on any atom is 0.328 e. The van der Waals surface area contributed by atoms with Gasteiger partial charge in [-0.15, -0.1) is 0 Å². The highest BCUT2D eigenvalue weighted by Crippen LogP contribution is 2.37. The summed E-state index contributed by atoms with van der Waals surface area (Å²) >= 11 is 0. The number of nitrogens with zero attached hydrogens (tertiary/aromatic N) is 2. The molecular formula is C53H53N7O8. The average molecular weight is 916 g/mol. The molecule has 15 heteroatoms. The van der Waals surface area contributed by atoms with Crippen molar-refractivity contribution in [3.63, 3.8) is 0 Å². The Morgan fingerprint density at radius 3 is 2.10 bits per heavy atom. The first-order valence-corrected chi connectivity index (χ1v) is 22.9. The lowest BCUT2D eigenvalue weighted by atomic mass is 9.86. The average Bonchev–Trinajstić information content (AvgIpc) is 3.76. The number of rotatable bonds is 17. The predicted molar refractivity (Wildman–Crippen MR) is 258 cm³/mol. The summed E-state index contributed by atoms with van der Waals surface area (Å²) in [7, 11) is 0. The van der Waals surface area contributed by atoms with E-state index in [0.29, 0.717) is 70.7 Å². The molecule has 0 bridgehead atoms. The number of aromatic nitrogens is 2. The third-order valence-corrected chi connectivity index (χ3v) is 12.4. The van der Waals surface area contributed by atoms with Crippen molar-refractivity contribution in [1.29, 1.82) is 0 Å². The third kappa shape index (κ3) is 11.4. The number of anilines is 1. The maximum absolute atomic E-state index is 14.0. The van der Waals surface area contributed by atoms with E-state index >= 15 is 0 Å². The Labute approximate surface area is 393 Å². The van der Waals surface area contributed by atoms with E-state index in [2.05, 4.69) is 31.2 Å². The molecule has 1 aromatic heterocycles. The molecule has 2 fully saturated rings. The minimum absolute atomic E-state index is 0.126. The van der Waals surface area contributed by atoms with Gasteiger partial charge in [-0.2, -0.15) is 0 Å². The molecule has 5 aromatic carbocycles. The minimum Gasteiger partial charge on any atom is -0.484 e. The zero-order valence-electron chi connectivity index (χ0n) is 37.5. The molecule has 0 unspecified atom stereocenters. The summed E-state index contributed by atoms with van der Waals surface area (Å²) in [6.45, 7) is 1.24. The first-order valence-electron chi connectivity index (χ1n) is 22.9. The highest BCUT2D eigenvalue weighted by Gasteiger charge is 2.41. The first-order chi connectivity index (χ1) is 33.0. The van der Waals surface area contributed by atoms with Crippen molar-refractivity contribution in [3.05, 3.63) is 155 Å². The fourth-order valence-electron chi connectivity index (χ4n) is 8.71. The van der Waals surface area contributed by atoms with Crippen molar-refractivity contribution in [2.45, 2.75) is 56.5 Å². The van der Waals surface area contributed by atoms with E-state index in [0.717, 1.165) is 48.7 Å². The largest absolute Gasteiger partial charge is 0.484 e. The van der Waals surface area contributed by atoms with Crippen LogP contribution in [0.1, 0.15) is 93.2 Å². The fraction of sp³-hybridized carbons (Fsp3) is 0.264. The Morgan fingerprint density at radius 2 is 1.40 bits per heavy atom. The Morgan fingerprint density at radius 1 is 0.735 bits per heavy atom. The van der Waals surface area contributed by atoms with Crippen LogP contribution in [0.15, 0.2) is 127 Å². The van der Waals surface area contributed by atoms with Crippen LogP contribution >= 0.6 is 0 Å². The van der Waals surface area contributed by atoms with Gasteiger partial charge in [0.05, 0.1) is 11.0 Å². The van der Waals surface area contributed by atoms with E-state index in [1.54, 1.807) is 97.1 Å². The summed E-state index contributed by atoms with van der Waals surface area (Å²) < 4.78 is 8.07. The van der Waals surface area contributed by atoms with Crippen molar-refractivity contribution in [2.24, 2.45) is 0 Å². The number of carbonyl (C=O) groups is 6. The first kappa shape index (κ1) is 46.6. The summed E-state index contributed by atoms with van der Waals surface area (Å²) in [5.41, 5.74) is 4.26. The van der Waals surface area contributed by atoms with Crippen LogP contribution in [0, 0.1) is 0 Å². The topological polar surface area (TPSA) is 210 Å². The van der Waals surface area contributed by atoms with Crippen LogP contribution in [-0.4, -0.2) is 88.4 Å². The highest BCUT2D eigenvalue weighted by molar-refractivity contribution is 6.09. The van der Waals surface area contributed by atoms with E-state index in [9.17, 15) is 28.8 Å². The number of fused-ring (bicyclic) bond motifs is 1. The van der Waals surface area contributed by atoms with E-state index in [4.69, 9.17) is 14.8 Å². The number of amides is 4. The van der Waals surface area contributed by atoms with Crippen molar-refractivity contribution in [3.8, 4) is 17.1 Å². The number of carboxylic acids is 1. The Kier molecular flexibility index (Phi) is 14.8. The molecule has 2 heterocycles. The molecule has 8 rings (SSSR count). The number of aliphatic carboxylic acids is 1. The summed E-state index contributed by atoms with van der Waals surface area (Å²) in [5.74, 6) is -1.33. The molecule has 0 spiro atoms. The van der Waals surface area contributed by atoms with E-state index < -0.39 is 11.5 Å². The quantitative estimate of drug-likeness (QED) is 0.0315. The fourth-order valence-corrected chi connectivity index (χ4v) is 8.71. The van der Waals surface area contributed by atoms with Gasteiger partial charge in [-0.1, -0.05) is 73.9 Å². The van der Waals surface area contributed by atoms with Gasteiger partial charge in [0.25, 0.3) is 17.7 Å². The molecule has 1 aliphatic heterocycles. The lowest BCUT2D eigenvalue weighted by Crippen LogP contribution is -2.61. The highest BCUT2D eigenvalue weighted by atomic mass is 16.5. The molecular weight excluding hydrogens is 863 g/mol. The standard InChI is InChI=1S/C53H53N7O8/c61-46(55-31-32-56-50(65)39-16-14-37(15-17-39)48(64)36-7-3-1-4-8-36)34-68-43-23-18-38(19-24-43)49-58-44-33-40(20-25-45(44)60(49)42-9-5-2-6-10-42)51(66)59-53(27-29-54-30-28-53)52(67)57-41-21-11-35(12-22-41)13-26-47(62)63/h1,3-4,7-8,11-26,33,42,54H,2,5-6,9-10,27-32,34H2,(H,55,61)(H,56,65)(H,57,67)(H,59,66)(H,62,63)/b26-13+. The minimum atomic E-state index is -1.17. The molecule has 348 valence electrons. The number of ketones is 1. The van der Waals surface area contributed by atoms with Gasteiger partial charge in [-0.3, -0.25) is 24.0 Å². The van der Waals surface area contributed by atoms with E-state index in [1.165, 1.54) is 12.5 Å². The van der Waals surface area contributed by atoms with Crippen LogP contribution in [0.2, 0.25) is 0 Å². The van der Waals surface area contributed by atoms with E-state index in [-0.39, 0.29) is 55.2 Å². The summed E-state index contributed by atoms with van der Waals surface area (Å²) in [5, 5.41) is 23.8. The predicted octanol–water partition coefficient (Wildman–Crippen LogP) is 6.95. The number of carboxylic acid groups (broad SMARTS) is 1. The molecule has 6 aromatic rings. The van der Waals surface area contributed by atoms with Crippen LogP contribution < -0.4 is 31.3 Å². The second-order valence-corrected chi connectivity index (χ2v) is 17.0. The SMILES string of the molecule is O=C(O)/C=C/c1ccc(NC(=O)C2(NC(=O)c3ccc4c(c3)nc(-c3ccc(OCC(=O)NCCNC(=O)c5ccc(C(=O)c6ccccc6)cc5)cc3)n4C3CCCCC3)CCNCC2)cc1. The molecule has 0 atom stereocenters. The van der Waals surface area contributed by atoms with Crippen LogP contribution in [-0.2, 0) is 14.4 Å². The number of nitrogens with one attached hydrogen (secondary N) is 5. The third-order valence-electron chi connectivity index (χ3n) is 12.4. The van der Waals surface area contributed by atoms with Crippen molar-refractivity contribution in [1.82, 2.24) is 30.8 Å². The number of hydrogen-bond acceptors (Lipinski definition) is 9. The normalized spacial score (nSPS) is 14.8. The maximum atomic E-state index is 14.0. The molecule has 15 nitrogen and oxygen atoms in total. The zero-order valence-corrected chi connectivity index (χ0v) is 37.5. The van der Waals surface area contributed by atoms with Gasteiger partial charge in [0.1, 0.15) is 17.1 Å². The summed E-state index contributed by atoms with van der Waals surface area (Å²) in [4.78, 5) is 82.0.